The number of unbranched alkanes of at least 4 members (excludes halogenated alkanes) is 2. The zero-order chi connectivity index (χ0) is 21.7. The largest absolute Gasteiger partial charge is 0.465 e. The quantitative estimate of drug-likeness (QED) is 0.433. The molecular weight excluding hydrogens is 382 g/mol. The van der Waals surface area contributed by atoms with Crippen LogP contribution in [0, 0.1) is 0 Å². The van der Waals surface area contributed by atoms with Crippen LogP contribution in [0.25, 0.3) is 22.2 Å². The zero-order valence-electron chi connectivity index (χ0n) is 17.4. The number of amides is 1. The van der Waals surface area contributed by atoms with Crippen LogP contribution in [-0.2, 0) is 25.3 Å². The van der Waals surface area contributed by atoms with Crippen LogP contribution in [0.2, 0.25) is 0 Å². The number of carbonyl (C=O) groups excluding carboxylic acids is 1. The highest BCUT2D eigenvalue weighted by atomic mass is 16.4. The second kappa shape index (κ2) is 9.43. The van der Waals surface area contributed by atoms with E-state index in [2.05, 4.69) is 6.07 Å². The molecule has 1 heterocycles. The molecule has 0 aliphatic rings. The van der Waals surface area contributed by atoms with E-state index in [1.54, 1.807) is 23.2 Å². The molecule has 0 unspecified atom stereocenters. The van der Waals surface area contributed by atoms with Crippen LogP contribution in [0.15, 0.2) is 47.3 Å². The smallest absolute Gasteiger partial charge is 0.407 e. The second-order valence-corrected chi connectivity index (χ2v) is 7.49. The summed E-state index contributed by atoms with van der Waals surface area (Å²) >= 11 is 0. The van der Waals surface area contributed by atoms with E-state index in [9.17, 15) is 19.5 Å². The van der Waals surface area contributed by atoms with Gasteiger partial charge in [0.1, 0.15) is 6.29 Å². The lowest BCUT2D eigenvalue weighted by Crippen LogP contribution is -2.32. The SMILES string of the molecule is Cn1c(=O)n(C)c2cc(-c3cccc(CCN(CCCCC=O)C(=O)O)c3)ccc21. The first-order chi connectivity index (χ1) is 14.4. The summed E-state index contributed by atoms with van der Waals surface area (Å²) in [7, 11) is 3.53. The number of aryl methyl sites for hydroxylation is 2. The number of nitrogens with zero attached hydrogens (tertiary/aromatic N) is 3. The molecular formula is C23H27N3O4. The zero-order valence-corrected chi connectivity index (χ0v) is 17.4. The summed E-state index contributed by atoms with van der Waals surface area (Å²) in [6, 6.07) is 14.0. The van der Waals surface area contributed by atoms with Crippen molar-refractivity contribution in [1.82, 2.24) is 14.0 Å². The number of aromatic nitrogens is 2. The number of carboxylic acid groups (broad SMARTS) is 1. The maximum Gasteiger partial charge on any atom is 0.407 e. The van der Waals surface area contributed by atoms with Crippen molar-refractivity contribution in [3.63, 3.8) is 0 Å². The van der Waals surface area contributed by atoms with E-state index in [4.69, 9.17) is 0 Å². The molecule has 0 fully saturated rings. The second-order valence-electron chi connectivity index (χ2n) is 7.49. The predicted molar refractivity (Wildman–Crippen MR) is 117 cm³/mol. The Balaban J connectivity index is 1.75. The number of aldehydes is 1. The molecule has 1 N–H and O–H groups in total. The summed E-state index contributed by atoms with van der Waals surface area (Å²) in [5.41, 5.74) is 4.78. The maximum atomic E-state index is 12.2. The van der Waals surface area contributed by atoms with Gasteiger partial charge in [-0.25, -0.2) is 9.59 Å². The Morgan fingerprint density at radius 2 is 1.73 bits per heavy atom. The molecule has 0 spiro atoms. The van der Waals surface area contributed by atoms with Gasteiger partial charge in [0.05, 0.1) is 11.0 Å². The summed E-state index contributed by atoms with van der Waals surface area (Å²) in [5.74, 6) is 0. The predicted octanol–water partition coefficient (Wildman–Crippen LogP) is 3.44. The van der Waals surface area contributed by atoms with Crippen LogP contribution < -0.4 is 5.69 Å². The van der Waals surface area contributed by atoms with E-state index in [1.807, 2.05) is 36.4 Å². The number of hydrogen-bond acceptors (Lipinski definition) is 3. The molecule has 158 valence electrons. The van der Waals surface area contributed by atoms with Gasteiger partial charge in [-0.2, -0.15) is 0 Å². The number of carbonyl (C=O) groups is 2. The molecule has 0 saturated heterocycles. The summed E-state index contributed by atoms with van der Waals surface area (Å²) in [6.45, 7) is 0.841. The molecule has 3 rings (SSSR count). The molecule has 0 atom stereocenters. The summed E-state index contributed by atoms with van der Waals surface area (Å²) < 4.78 is 3.27. The Kier molecular flexibility index (Phi) is 6.72. The monoisotopic (exact) mass is 409 g/mol. The molecule has 7 heteroatoms. The maximum absolute atomic E-state index is 12.2. The van der Waals surface area contributed by atoms with Crippen LogP contribution >= 0.6 is 0 Å². The highest BCUT2D eigenvalue weighted by molar-refractivity contribution is 5.82. The standard InChI is InChI=1S/C23H27N3O4/c1-24-20-10-9-19(16-21(20)25(2)22(24)28)18-8-6-7-17(15-18)11-13-26(23(29)30)12-4-3-5-14-27/h6-10,14-16H,3-5,11-13H2,1-2H3,(H,29,30). The van der Waals surface area contributed by atoms with Crippen molar-refractivity contribution in [2.24, 2.45) is 14.1 Å². The number of hydrogen-bond donors (Lipinski definition) is 1. The minimum absolute atomic E-state index is 0.0576. The Labute approximate surface area is 175 Å². The molecule has 0 aliphatic carbocycles. The van der Waals surface area contributed by atoms with Crippen molar-refractivity contribution < 1.29 is 14.7 Å². The topological polar surface area (TPSA) is 84.5 Å². The Bertz CT molecular complexity index is 1110. The van der Waals surface area contributed by atoms with Crippen molar-refractivity contribution in [1.29, 1.82) is 0 Å². The van der Waals surface area contributed by atoms with E-state index in [-0.39, 0.29) is 5.69 Å². The number of imidazole rings is 1. The van der Waals surface area contributed by atoms with Gasteiger partial charge in [-0.15, -0.1) is 0 Å². The van der Waals surface area contributed by atoms with Crippen LogP contribution in [0.5, 0.6) is 0 Å². The molecule has 30 heavy (non-hydrogen) atoms. The van der Waals surface area contributed by atoms with E-state index in [1.165, 1.54) is 4.90 Å². The molecule has 0 saturated carbocycles. The van der Waals surface area contributed by atoms with Gasteiger partial charge in [-0.3, -0.25) is 9.13 Å². The van der Waals surface area contributed by atoms with Gasteiger partial charge in [0.25, 0.3) is 0 Å². The van der Waals surface area contributed by atoms with E-state index in [0.717, 1.165) is 34.0 Å². The van der Waals surface area contributed by atoms with Crippen LogP contribution in [0.3, 0.4) is 0 Å². The van der Waals surface area contributed by atoms with E-state index in [0.29, 0.717) is 38.8 Å². The molecule has 1 aromatic heterocycles. The van der Waals surface area contributed by atoms with Crippen LogP contribution in [0.4, 0.5) is 4.79 Å². The molecule has 1 amide bonds. The fourth-order valence-electron chi connectivity index (χ4n) is 3.69. The van der Waals surface area contributed by atoms with Crippen LogP contribution in [0.1, 0.15) is 24.8 Å². The first-order valence-electron chi connectivity index (χ1n) is 10.1. The summed E-state index contributed by atoms with van der Waals surface area (Å²) in [6.07, 6.45) is 2.38. The summed E-state index contributed by atoms with van der Waals surface area (Å²) in [4.78, 5) is 35.5. The van der Waals surface area contributed by atoms with E-state index >= 15 is 0 Å². The van der Waals surface area contributed by atoms with E-state index < -0.39 is 6.09 Å². The van der Waals surface area contributed by atoms with Crippen molar-refractivity contribution in [2.45, 2.75) is 25.7 Å². The average Bonchev–Trinajstić information content (AvgIpc) is 2.97. The van der Waals surface area contributed by atoms with Gasteiger partial charge < -0.3 is 14.8 Å². The Morgan fingerprint density at radius 3 is 2.47 bits per heavy atom. The molecule has 3 aromatic rings. The van der Waals surface area contributed by atoms with Crippen LogP contribution in [-0.4, -0.2) is 44.6 Å². The number of benzene rings is 2. The molecule has 0 bridgehead atoms. The third-order valence-electron chi connectivity index (χ3n) is 5.47. The van der Waals surface area contributed by atoms with Gasteiger partial charge in [0, 0.05) is 33.6 Å². The lowest BCUT2D eigenvalue weighted by molar-refractivity contribution is -0.107. The minimum Gasteiger partial charge on any atom is -0.465 e. The molecule has 0 aliphatic heterocycles. The number of fused-ring (bicyclic) bond motifs is 1. The number of rotatable bonds is 9. The Morgan fingerprint density at radius 1 is 1.00 bits per heavy atom. The van der Waals surface area contributed by atoms with Crippen molar-refractivity contribution >= 4 is 23.4 Å². The normalized spacial score (nSPS) is 11.0. The third kappa shape index (κ3) is 4.62. The highest BCUT2D eigenvalue weighted by Gasteiger charge is 2.12. The first-order valence-corrected chi connectivity index (χ1v) is 10.1. The third-order valence-corrected chi connectivity index (χ3v) is 5.47. The Hall–Kier alpha value is -3.35. The van der Waals surface area contributed by atoms with Gasteiger partial charge in [0.2, 0.25) is 0 Å². The highest BCUT2D eigenvalue weighted by Crippen LogP contribution is 2.25. The average molecular weight is 409 g/mol. The molecule has 7 nitrogen and oxygen atoms in total. The molecule has 2 aromatic carbocycles. The van der Waals surface area contributed by atoms with Crippen molar-refractivity contribution in [3.05, 3.63) is 58.5 Å². The van der Waals surface area contributed by atoms with Gasteiger partial charge in [0.15, 0.2) is 0 Å². The lowest BCUT2D eigenvalue weighted by Gasteiger charge is -2.19. The fraction of sp³-hybridized carbons (Fsp3) is 0.348. The first kappa shape index (κ1) is 21.4. The molecule has 0 radical (unpaired) electrons. The fourth-order valence-corrected chi connectivity index (χ4v) is 3.69. The van der Waals surface area contributed by atoms with Gasteiger partial charge in [-0.05, 0) is 48.1 Å². The van der Waals surface area contributed by atoms with Crippen molar-refractivity contribution in [3.8, 4) is 11.1 Å². The minimum atomic E-state index is -0.937. The van der Waals surface area contributed by atoms with Gasteiger partial charge in [-0.1, -0.05) is 30.3 Å². The lowest BCUT2D eigenvalue weighted by atomic mass is 10.0. The van der Waals surface area contributed by atoms with Crippen molar-refractivity contribution in [2.75, 3.05) is 13.1 Å². The summed E-state index contributed by atoms with van der Waals surface area (Å²) in [5, 5.41) is 9.42. The van der Waals surface area contributed by atoms with Gasteiger partial charge >= 0.3 is 11.8 Å².